The van der Waals surface area contributed by atoms with Gasteiger partial charge in [0, 0.05) is 24.0 Å². The minimum Gasteiger partial charge on any atom is -0.481 e. The van der Waals surface area contributed by atoms with E-state index >= 15 is 0 Å². The van der Waals surface area contributed by atoms with E-state index in [1.54, 1.807) is 27.7 Å². The van der Waals surface area contributed by atoms with E-state index in [0.717, 1.165) is 35.4 Å². The van der Waals surface area contributed by atoms with Gasteiger partial charge in [0.15, 0.2) is 0 Å². The van der Waals surface area contributed by atoms with Crippen molar-refractivity contribution in [2.45, 2.75) is 87.5 Å². The van der Waals surface area contributed by atoms with Gasteiger partial charge in [-0.1, -0.05) is 59.9 Å². The molecule has 2 aromatic rings. The molecule has 2 aromatic heterocycles. The molecule has 1 aliphatic heterocycles. The fourth-order valence-corrected chi connectivity index (χ4v) is 2.57. The monoisotopic (exact) mass is 622 g/mol. The molecule has 0 saturated heterocycles. The number of carboxylic acid groups (broad SMARTS) is 1. The zero-order valence-electron chi connectivity index (χ0n) is 24.9. The Morgan fingerprint density at radius 2 is 1.59 bits per heavy atom. The fourth-order valence-electron chi connectivity index (χ4n) is 2.43. The second-order valence-corrected chi connectivity index (χ2v) is 8.87. The summed E-state index contributed by atoms with van der Waals surface area (Å²) in [7, 11) is 1.38. The van der Waals surface area contributed by atoms with Crippen molar-refractivity contribution in [1.82, 2.24) is 10.3 Å². The minimum atomic E-state index is -0.888. The first kappa shape index (κ1) is 39.7. The number of methoxy groups -OCH3 is 1. The summed E-state index contributed by atoms with van der Waals surface area (Å²) in [6.07, 6.45) is 2.67. The van der Waals surface area contributed by atoms with Gasteiger partial charge in [0.1, 0.15) is 10.9 Å². The average molecular weight is 624 g/mol. The van der Waals surface area contributed by atoms with Crippen LogP contribution in [-0.4, -0.2) is 56.5 Å². The number of carbonyl (C=O) groups excluding carboxylic acids is 2. The lowest BCUT2D eigenvalue weighted by molar-refractivity contribution is -0.143. The molecular formula is C26H40Cl2N4O9. The Morgan fingerprint density at radius 3 is 1.78 bits per heavy atom. The maximum absolute atomic E-state index is 10.6. The van der Waals surface area contributed by atoms with E-state index in [1.165, 1.54) is 7.11 Å². The van der Waals surface area contributed by atoms with Crippen molar-refractivity contribution in [3.8, 4) is 0 Å². The number of aryl methyl sites for hydroxylation is 2. The molecule has 0 radical (unpaired) electrons. The Kier molecular flexibility index (Phi) is 21.6. The Bertz CT molecular complexity index is 1140. The number of esters is 1. The normalized spacial score (nSPS) is 13.4. The quantitative estimate of drug-likeness (QED) is 0.125. The zero-order valence-corrected chi connectivity index (χ0v) is 26.4. The number of halogens is 2. The molecule has 0 aromatic carbocycles. The smallest absolute Gasteiger partial charge is 0.343 e. The molecule has 0 amide bonds. The molecular weight excluding hydrogens is 583 g/mol. The number of oxime groups is 2. The second kappa shape index (κ2) is 22.3. The van der Waals surface area contributed by atoms with Crippen molar-refractivity contribution < 1.29 is 43.3 Å². The second-order valence-electron chi connectivity index (χ2n) is 8.09. The van der Waals surface area contributed by atoms with E-state index < -0.39 is 5.97 Å². The molecule has 1 aliphatic rings. The zero-order chi connectivity index (χ0) is 32.1. The summed E-state index contributed by atoms with van der Waals surface area (Å²) in [5, 5.41) is 30.5. The Labute approximate surface area is 249 Å². The standard InChI is InChI=1S/C7H9NO3.C6H8ClNO.C6H9NO2.C4H8O2.C3H6ClNO/c1-4-5(2)11-8-6(4)3-7(9)10;1-3-5-4(2)6(7)9-8-5;1-3-5-4(2)6(8)9-7-5;1-3-4(5)6-2;1-2-3(4)5-6/h3H2,1-2H3,(H,9,10);3H2,1-2H3;4H,3H2,1-2H3;3H2,1-2H3;6H,2H2,1H3/b;;;;5-3-. The van der Waals surface area contributed by atoms with Gasteiger partial charge >= 0.3 is 17.9 Å². The molecule has 3 heterocycles. The van der Waals surface area contributed by atoms with Crippen molar-refractivity contribution in [3.05, 3.63) is 33.5 Å². The summed E-state index contributed by atoms with van der Waals surface area (Å²) in [5.41, 5.74) is 4.08. The molecule has 0 fully saturated rings. The molecule has 0 bridgehead atoms. The third kappa shape index (κ3) is 16.4. The van der Waals surface area contributed by atoms with Crippen LogP contribution in [0.15, 0.2) is 19.4 Å². The van der Waals surface area contributed by atoms with Crippen LogP contribution in [0.25, 0.3) is 0 Å². The predicted octanol–water partition coefficient (Wildman–Crippen LogP) is 6.05. The molecule has 0 saturated carbocycles. The van der Waals surface area contributed by atoms with Crippen LogP contribution in [0.5, 0.6) is 0 Å². The van der Waals surface area contributed by atoms with E-state index in [0.29, 0.717) is 29.5 Å². The van der Waals surface area contributed by atoms with Gasteiger partial charge in [-0.2, -0.15) is 0 Å². The van der Waals surface area contributed by atoms with Gasteiger partial charge in [-0.15, -0.1) is 0 Å². The maximum atomic E-state index is 10.6. The number of hydrogen-bond donors (Lipinski definition) is 2. The molecule has 13 nitrogen and oxygen atoms in total. The Hall–Kier alpha value is -3.45. The molecule has 3 rings (SSSR count). The molecule has 0 spiro atoms. The van der Waals surface area contributed by atoms with Crippen molar-refractivity contribution in [2.24, 2.45) is 16.2 Å². The van der Waals surface area contributed by atoms with Crippen LogP contribution < -0.4 is 0 Å². The Balaban J connectivity index is 0. The largest absolute Gasteiger partial charge is 0.481 e. The summed E-state index contributed by atoms with van der Waals surface area (Å²) in [6.45, 7) is 14.8. The van der Waals surface area contributed by atoms with E-state index in [4.69, 9.17) is 42.6 Å². The first-order chi connectivity index (χ1) is 19.2. The van der Waals surface area contributed by atoms with Gasteiger partial charge in [-0.05, 0) is 52.1 Å². The summed E-state index contributed by atoms with van der Waals surface area (Å²) in [5.74, 6) is -0.709. The average Bonchev–Trinajstić information content (AvgIpc) is 3.59. The number of nitrogens with zero attached hydrogens (tertiary/aromatic N) is 4. The molecule has 1 atom stereocenters. The first-order valence-corrected chi connectivity index (χ1v) is 13.4. The van der Waals surface area contributed by atoms with E-state index in [2.05, 4.69) is 30.2 Å². The number of rotatable bonds is 6. The number of carbonyl (C=O) groups is 3. The van der Waals surface area contributed by atoms with Crippen molar-refractivity contribution >= 4 is 52.0 Å². The lowest BCUT2D eigenvalue weighted by Gasteiger charge is -1.94. The predicted molar refractivity (Wildman–Crippen MR) is 154 cm³/mol. The van der Waals surface area contributed by atoms with Crippen LogP contribution in [0.2, 0.25) is 5.22 Å². The van der Waals surface area contributed by atoms with Crippen LogP contribution in [-0.2, 0) is 36.8 Å². The van der Waals surface area contributed by atoms with Gasteiger partial charge in [-0.3, -0.25) is 9.59 Å². The van der Waals surface area contributed by atoms with Crippen LogP contribution in [0.4, 0.5) is 0 Å². The lowest BCUT2D eigenvalue weighted by atomic mass is 10.1. The topological polar surface area (TPSA) is 187 Å². The first-order valence-electron chi connectivity index (χ1n) is 12.7. The van der Waals surface area contributed by atoms with E-state index in [-0.39, 0.29) is 29.4 Å². The highest BCUT2D eigenvalue weighted by molar-refractivity contribution is 6.65. The summed E-state index contributed by atoms with van der Waals surface area (Å²) < 4.78 is 13.7. The highest BCUT2D eigenvalue weighted by Crippen LogP contribution is 2.17. The van der Waals surface area contributed by atoms with Crippen LogP contribution >= 0.6 is 23.2 Å². The molecule has 15 heteroatoms. The maximum Gasteiger partial charge on any atom is 0.343 e. The molecule has 0 aliphatic carbocycles. The van der Waals surface area contributed by atoms with Crippen molar-refractivity contribution in [2.75, 3.05) is 7.11 Å². The third-order valence-electron chi connectivity index (χ3n) is 5.26. The summed E-state index contributed by atoms with van der Waals surface area (Å²) in [4.78, 5) is 35.2. The van der Waals surface area contributed by atoms with Crippen LogP contribution in [0.1, 0.15) is 82.2 Å². The van der Waals surface area contributed by atoms with Gasteiger partial charge in [0.25, 0.3) is 0 Å². The van der Waals surface area contributed by atoms with Crippen molar-refractivity contribution in [3.63, 3.8) is 0 Å². The third-order valence-corrected chi connectivity index (χ3v) is 5.95. The van der Waals surface area contributed by atoms with Crippen LogP contribution in [0, 0.1) is 26.7 Å². The number of aromatic nitrogens is 2. The molecule has 41 heavy (non-hydrogen) atoms. The SMILES string of the molecule is CC/C(Cl)=N/O.CCC(=O)OC.CCC1=NOC(=O)C1C.CCc1noc(Cl)c1C.Cc1onc(CC(=O)O)c1C. The molecule has 2 N–H and O–H groups in total. The number of carboxylic acids is 1. The highest BCUT2D eigenvalue weighted by Gasteiger charge is 2.26. The lowest BCUT2D eigenvalue weighted by Crippen LogP contribution is -2.12. The van der Waals surface area contributed by atoms with Crippen molar-refractivity contribution in [1.29, 1.82) is 0 Å². The van der Waals surface area contributed by atoms with E-state index in [9.17, 15) is 14.4 Å². The van der Waals surface area contributed by atoms with Gasteiger partial charge < -0.3 is 28.9 Å². The molecule has 232 valence electrons. The fraction of sp³-hybridized carbons (Fsp3) is 0.577. The summed E-state index contributed by atoms with van der Waals surface area (Å²) >= 11 is 10.7. The van der Waals surface area contributed by atoms with Gasteiger partial charge in [-0.25, -0.2) is 4.79 Å². The molecule has 1 unspecified atom stereocenters. The van der Waals surface area contributed by atoms with Gasteiger partial charge in [0.05, 0.1) is 36.5 Å². The minimum absolute atomic E-state index is 0.0663. The number of ether oxygens (including phenoxy) is 1. The highest BCUT2D eigenvalue weighted by atomic mass is 35.5. The number of aliphatic carboxylic acids is 1. The van der Waals surface area contributed by atoms with Gasteiger partial charge in [0.2, 0.25) is 5.22 Å². The Morgan fingerprint density at radius 1 is 1.00 bits per heavy atom. The summed E-state index contributed by atoms with van der Waals surface area (Å²) in [6, 6.07) is 0. The number of hydrogen-bond acceptors (Lipinski definition) is 12. The van der Waals surface area contributed by atoms with Crippen LogP contribution in [0.3, 0.4) is 0 Å². The van der Waals surface area contributed by atoms with E-state index in [1.807, 2.05) is 27.7 Å².